The molecular formula is C16H21ClN4O4S. The van der Waals surface area contributed by atoms with Gasteiger partial charge in [0.25, 0.3) is 5.91 Å². The van der Waals surface area contributed by atoms with Crippen LogP contribution in [-0.2, 0) is 26.0 Å². The third-order valence-corrected chi connectivity index (χ3v) is 6.27. The number of hydrazine groups is 1. The molecule has 0 spiro atoms. The fourth-order valence-corrected chi connectivity index (χ4v) is 4.08. The topological polar surface area (TPSA) is 98.8 Å². The lowest BCUT2D eigenvalue weighted by atomic mass is 10.1. The van der Waals surface area contributed by atoms with Crippen LogP contribution in [0.1, 0.15) is 5.56 Å². The number of carbonyl (C=O) groups excluding carboxylic acids is 2. The molecule has 2 heterocycles. The number of hydrogen-bond donors (Lipinski definition) is 2. The SMILES string of the molecule is CS(=O)(=O)c1ccc(CN2CCN(C3CNNC(=O)C3Cl)CC2=O)cc1. The van der Waals surface area contributed by atoms with Crippen LogP contribution >= 0.6 is 11.6 Å². The maximum atomic E-state index is 12.5. The van der Waals surface area contributed by atoms with Crippen molar-refractivity contribution in [1.82, 2.24) is 20.7 Å². The zero-order valence-electron chi connectivity index (χ0n) is 14.3. The summed E-state index contributed by atoms with van der Waals surface area (Å²) < 4.78 is 23.0. The monoisotopic (exact) mass is 400 g/mol. The largest absolute Gasteiger partial charge is 0.336 e. The Morgan fingerprint density at radius 3 is 2.50 bits per heavy atom. The van der Waals surface area contributed by atoms with Gasteiger partial charge in [0.2, 0.25) is 5.91 Å². The molecule has 0 bridgehead atoms. The first-order chi connectivity index (χ1) is 12.3. The summed E-state index contributed by atoms with van der Waals surface area (Å²) in [6.45, 7) is 2.25. The van der Waals surface area contributed by atoms with Crippen LogP contribution in [0.3, 0.4) is 0 Å². The second-order valence-electron chi connectivity index (χ2n) is 6.54. The molecular weight excluding hydrogens is 380 g/mol. The molecule has 26 heavy (non-hydrogen) atoms. The molecule has 0 aromatic heterocycles. The Bertz CT molecular complexity index is 799. The summed E-state index contributed by atoms with van der Waals surface area (Å²) in [5.74, 6) is -0.331. The molecule has 3 rings (SSSR count). The minimum absolute atomic E-state index is 0.0433. The van der Waals surface area contributed by atoms with E-state index in [1.54, 1.807) is 29.2 Å². The average Bonchev–Trinajstić information content (AvgIpc) is 2.59. The summed E-state index contributed by atoms with van der Waals surface area (Å²) >= 11 is 6.16. The van der Waals surface area contributed by atoms with Crippen LogP contribution in [0.2, 0.25) is 0 Å². The lowest BCUT2D eigenvalue weighted by Gasteiger charge is -2.41. The van der Waals surface area contributed by atoms with E-state index in [1.165, 1.54) is 0 Å². The lowest BCUT2D eigenvalue weighted by Crippen LogP contribution is -2.65. The van der Waals surface area contributed by atoms with Crippen molar-refractivity contribution in [1.29, 1.82) is 0 Å². The molecule has 2 N–H and O–H groups in total. The molecule has 2 unspecified atom stereocenters. The van der Waals surface area contributed by atoms with Crippen molar-refractivity contribution in [3.05, 3.63) is 29.8 Å². The lowest BCUT2D eigenvalue weighted by molar-refractivity contribution is -0.139. The molecule has 0 saturated carbocycles. The molecule has 0 aliphatic carbocycles. The molecule has 142 valence electrons. The van der Waals surface area contributed by atoms with Crippen molar-refractivity contribution >= 4 is 33.3 Å². The molecule has 1 aromatic rings. The minimum atomic E-state index is -3.23. The van der Waals surface area contributed by atoms with Crippen LogP contribution in [-0.4, -0.2) is 73.9 Å². The van der Waals surface area contributed by atoms with E-state index >= 15 is 0 Å². The minimum Gasteiger partial charge on any atom is -0.336 e. The standard InChI is InChI=1S/C16H21ClN4O4S/c1-26(24,25)12-4-2-11(3-5-12)9-21-7-6-20(10-14(21)22)13-8-18-19-16(23)15(13)17/h2-5,13,15,18H,6-10H2,1H3,(H,19,23). The van der Waals surface area contributed by atoms with Crippen molar-refractivity contribution in [2.45, 2.75) is 22.9 Å². The number of rotatable bonds is 4. The van der Waals surface area contributed by atoms with Gasteiger partial charge in [-0.15, -0.1) is 11.6 Å². The van der Waals surface area contributed by atoms with Gasteiger partial charge in [0.15, 0.2) is 9.84 Å². The van der Waals surface area contributed by atoms with E-state index in [2.05, 4.69) is 10.9 Å². The maximum Gasteiger partial charge on any atom is 0.253 e. The Morgan fingerprint density at radius 2 is 1.88 bits per heavy atom. The van der Waals surface area contributed by atoms with Crippen LogP contribution in [0.5, 0.6) is 0 Å². The summed E-state index contributed by atoms with van der Waals surface area (Å²) in [6, 6.07) is 6.32. The van der Waals surface area contributed by atoms with Crippen molar-refractivity contribution in [2.75, 3.05) is 32.4 Å². The van der Waals surface area contributed by atoms with Crippen LogP contribution < -0.4 is 10.9 Å². The number of nitrogens with one attached hydrogen (secondary N) is 2. The van der Waals surface area contributed by atoms with Crippen LogP contribution in [0.15, 0.2) is 29.2 Å². The molecule has 10 heteroatoms. The van der Waals surface area contributed by atoms with E-state index in [1.807, 2.05) is 4.90 Å². The van der Waals surface area contributed by atoms with Gasteiger partial charge in [0.05, 0.1) is 11.4 Å². The van der Waals surface area contributed by atoms with E-state index < -0.39 is 15.2 Å². The average molecular weight is 401 g/mol. The van der Waals surface area contributed by atoms with E-state index in [4.69, 9.17) is 11.6 Å². The second kappa shape index (κ2) is 7.51. The number of halogens is 1. The summed E-state index contributed by atoms with van der Waals surface area (Å²) in [4.78, 5) is 28.1. The third kappa shape index (κ3) is 4.17. The number of sulfone groups is 1. The fourth-order valence-electron chi connectivity index (χ4n) is 3.14. The van der Waals surface area contributed by atoms with Gasteiger partial charge in [-0.25, -0.2) is 13.8 Å². The number of hydrogen-bond acceptors (Lipinski definition) is 6. The van der Waals surface area contributed by atoms with Gasteiger partial charge < -0.3 is 4.90 Å². The van der Waals surface area contributed by atoms with Crippen LogP contribution in [0.25, 0.3) is 0 Å². The highest BCUT2D eigenvalue weighted by Gasteiger charge is 2.37. The Hall–Kier alpha value is -1.68. The Morgan fingerprint density at radius 1 is 1.19 bits per heavy atom. The highest BCUT2D eigenvalue weighted by molar-refractivity contribution is 7.90. The molecule has 2 fully saturated rings. The maximum absolute atomic E-state index is 12.5. The number of piperazine rings is 1. The zero-order valence-corrected chi connectivity index (χ0v) is 15.9. The number of alkyl halides is 1. The van der Waals surface area contributed by atoms with Crippen LogP contribution in [0, 0.1) is 0 Å². The van der Waals surface area contributed by atoms with Gasteiger partial charge in [-0.3, -0.25) is 19.9 Å². The van der Waals surface area contributed by atoms with Gasteiger partial charge in [0, 0.05) is 38.5 Å². The van der Waals surface area contributed by atoms with E-state index in [-0.39, 0.29) is 29.3 Å². The Balaban J connectivity index is 1.61. The van der Waals surface area contributed by atoms with Crippen LogP contribution in [0.4, 0.5) is 0 Å². The summed E-state index contributed by atoms with van der Waals surface area (Å²) in [6.07, 6.45) is 1.16. The van der Waals surface area contributed by atoms with Crippen molar-refractivity contribution in [3.8, 4) is 0 Å². The van der Waals surface area contributed by atoms with E-state index in [0.29, 0.717) is 26.2 Å². The quantitative estimate of drug-likeness (QED) is 0.651. The highest BCUT2D eigenvalue weighted by atomic mass is 35.5. The zero-order chi connectivity index (χ0) is 18.9. The predicted molar refractivity (Wildman–Crippen MR) is 96.1 cm³/mol. The normalized spacial score (nSPS) is 25.2. The number of benzene rings is 1. The molecule has 2 saturated heterocycles. The molecule has 2 atom stereocenters. The summed E-state index contributed by atoms with van der Waals surface area (Å²) in [5, 5.41) is -0.695. The van der Waals surface area contributed by atoms with Crippen molar-refractivity contribution in [2.24, 2.45) is 0 Å². The molecule has 0 radical (unpaired) electrons. The Kier molecular flexibility index (Phi) is 5.52. The van der Waals surface area contributed by atoms with Gasteiger partial charge in [-0.05, 0) is 17.7 Å². The van der Waals surface area contributed by atoms with Gasteiger partial charge >= 0.3 is 0 Å². The fraction of sp³-hybridized carbons (Fsp3) is 0.500. The Labute approximate surface area is 157 Å². The molecule has 8 nitrogen and oxygen atoms in total. The number of nitrogens with zero attached hydrogens (tertiary/aromatic N) is 2. The third-order valence-electron chi connectivity index (χ3n) is 4.65. The number of amides is 2. The smallest absolute Gasteiger partial charge is 0.253 e. The highest BCUT2D eigenvalue weighted by Crippen LogP contribution is 2.18. The van der Waals surface area contributed by atoms with Crippen molar-refractivity contribution in [3.63, 3.8) is 0 Å². The van der Waals surface area contributed by atoms with Crippen molar-refractivity contribution < 1.29 is 18.0 Å². The first-order valence-corrected chi connectivity index (χ1v) is 10.6. The first kappa shape index (κ1) is 19.1. The molecule has 2 amide bonds. The van der Waals surface area contributed by atoms with Gasteiger partial charge in [-0.1, -0.05) is 12.1 Å². The number of carbonyl (C=O) groups is 2. The second-order valence-corrected chi connectivity index (χ2v) is 9.03. The summed E-state index contributed by atoms with van der Waals surface area (Å²) in [7, 11) is -3.23. The predicted octanol–water partition coefficient (Wildman–Crippen LogP) is -0.655. The molecule has 2 aliphatic heterocycles. The van der Waals surface area contributed by atoms with E-state index in [9.17, 15) is 18.0 Å². The van der Waals surface area contributed by atoms with Gasteiger partial charge in [-0.2, -0.15) is 0 Å². The molecule has 2 aliphatic rings. The summed E-state index contributed by atoms with van der Waals surface area (Å²) in [5.41, 5.74) is 6.15. The first-order valence-electron chi connectivity index (χ1n) is 8.23. The van der Waals surface area contributed by atoms with E-state index in [0.717, 1.165) is 11.8 Å². The van der Waals surface area contributed by atoms with Gasteiger partial charge in [0.1, 0.15) is 5.38 Å². The molecule has 1 aromatic carbocycles.